The minimum atomic E-state index is -0.886. The summed E-state index contributed by atoms with van der Waals surface area (Å²) in [6.45, 7) is 1.87. The molecular formula is C9H10N2O2. The lowest BCUT2D eigenvalue weighted by Crippen LogP contribution is -2.22. The smallest absolute Gasteiger partial charge is 0.257 e. The number of pyridine rings is 1. The van der Waals surface area contributed by atoms with Crippen molar-refractivity contribution < 1.29 is 9.90 Å². The summed E-state index contributed by atoms with van der Waals surface area (Å²) in [6, 6.07) is 1.75. The highest BCUT2D eigenvalue weighted by molar-refractivity contribution is 5.98. The molecule has 1 amide bonds. The Hall–Kier alpha value is -1.42. The van der Waals surface area contributed by atoms with E-state index in [0.29, 0.717) is 11.3 Å². The standard InChI is InChI=1S/C9H10N2O2/c1-5-3-6-7(10-4-5)9(13)11(2)8(6)12/h3-4,9,13H,1-2H3. The van der Waals surface area contributed by atoms with Crippen LogP contribution in [0.1, 0.15) is 27.8 Å². The van der Waals surface area contributed by atoms with Crippen molar-refractivity contribution in [2.45, 2.75) is 13.2 Å². The summed E-state index contributed by atoms with van der Waals surface area (Å²) in [5.41, 5.74) is 1.89. The van der Waals surface area contributed by atoms with Crippen molar-refractivity contribution in [2.75, 3.05) is 7.05 Å². The number of aliphatic hydroxyl groups excluding tert-OH is 1. The number of rotatable bonds is 0. The first-order valence-corrected chi connectivity index (χ1v) is 4.03. The second kappa shape index (κ2) is 2.53. The van der Waals surface area contributed by atoms with Crippen LogP contribution >= 0.6 is 0 Å². The normalized spacial score (nSPS) is 20.7. The van der Waals surface area contributed by atoms with Crippen LogP contribution in [0.5, 0.6) is 0 Å². The van der Waals surface area contributed by atoms with E-state index in [9.17, 15) is 9.90 Å². The highest BCUT2D eigenvalue weighted by atomic mass is 16.3. The van der Waals surface area contributed by atoms with Crippen LogP contribution in [-0.4, -0.2) is 27.9 Å². The van der Waals surface area contributed by atoms with Crippen LogP contribution in [-0.2, 0) is 0 Å². The SMILES string of the molecule is Cc1cnc2c(c1)C(=O)N(C)C2O. The molecule has 13 heavy (non-hydrogen) atoms. The van der Waals surface area contributed by atoms with Crippen LogP contribution in [0.25, 0.3) is 0 Å². The summed E-state index contributed by atoms with van der Waals surface area (Å²) in [5, 5.41) is 9.55. The zero-order chi connectivity index (χ0) is 9.59. The van der Waals surface area contributed by atoms with Crippen molar-refractivity contribution in [3.8, 4) is 0 Å². The van der Waals surface area contributed by atoms with E-state index in [0.717, 1.165) is 5.56 Å². The molecule has 2 heterocycles. The maximum atomic E-state index is 11.5. The predicted molar refractivity (Wildman–Crippen MR) is 46.0 cm³/mol. The first-order valence-electron chi connectivity index (χ1n) is 4.03. The highest BCUT2D eigenvalue weighted by Gasteiger charge is 2.33. The van der Waals surface area contributed by atoms with Crippen LogP contribution in [0, 0.1) is 6.92 Å². The van der Waals surface area contributed by atoms with Gasteiger partial charge in [0.1, 0.15) is 5.69 Å². The first-order chi connectivity index (χ1) is 6.11. The monoisotopic (exact) mass is 178 g/mol. The van der Waals surface area contributed by atoms with Crippen molar-refractivity contribution in [1.29, 1.82) is 0 Å². The summed E-state index contributed by atoms with van der Waals surface area (Å²) in [5.74, 6) is -0.168. The van der Waals surface area contributed by atoms with Crippen LogP contribution in [0.3, 0.4) is 0 Å². The Morgan fingerprint density at radius 2 is 2.31 bits per heavy atom. The molecule has 0 saturated heterocycles. The van der Waals surface area contributed by atoms with E-state index in [1.165, 1.54) is 4.90 Å². The molecule has 1 N–H and O–H groups in total. The number of aryl methyl sites for hydroxylation is 1. The number of aliphatic hydroxyl groups is 1. The molecule has 0 spiro atoms. The molecule has 68 valence electrons. The highest BCUT2D eigenvalue weighted by Crippen LogP contribution is 2.28. The lowest BCUT2D eigenvalue weighted by Gasteiger charge is -2.12. The molecule has 1 aromatic rings. The van der Waals surface area contributed by atoms with E-state index in [2.05, 4.69) is 4.98 Å². The maximum Gasteiger partial charge on any atom is 0.257 e. The Morgan fingerprint density at radius 3 is 3.00 bits per heavy atom. The van der Waals surface area contributed by atoms with Crippen LogP contribution in [0.4, 0.5) is 0 Å². The van der Waals surface area contributed by atoms with Crippen molar-refractivity contribution in [2.24, 2.45) is 0 Å². The van der Waals surface area contributed by atoms with Crippen molar-refractivity contribution in [3.05, 3.63) is 29.1 Å². The number of nitrogens with zero attached hydrogens (tertiary/aromatic N) is 2. The Morgan fingerprint density at radius 1 is 1.62 bits per heavy atom. The van der Waals surface area contributed by atoms with Gasteiger partial charge in [-0.3, -0.25) is 9.78 Å². The second-order valence-electron chi connectivity index (χ2n) is 3.24. The fourth-order valence-electron chi connectivity index (χ4n) is 1.44. The quantitative estimate of drug-likeness (QED) is 0.628. The number of aromatic nitrogens is 1. The average Bonchev–Trinajstić information content (AvgIpc) is 2.32. The van der Waals surface area contributed by atoms with Gasteiger partial charge in [0.2, 0.25) is 0 Å². The van der Waals surface area contributed by atoms with Crippen LogP contribution in [0.2, 0.25) is 0 Å². The predicted octanol–water partition coefficient (Wildman–Crippen LogP) is 0.467. The lowest BCUT2D eigenvalue weighted by atomic mass is 10.2. The van der Waals surface area contributed by atoms with Crippen LogP contribution < -0.4 is 0 Å². The molecule has 2 rings (SSSR count). The largest absolute Gasteiger partial charge is 0.368 e. The van der Waals surface area contributed by atoms with E-state index >= 15 is 0 Å². The number of carbonyl (C=O) groups excluding carboxylic acids is 1. The second-order valence-corrected chi connectivity index (χ2v) is 3.24. The number of hydrogen-bond acceptors (Lipinski definition) is 3. The zero-order valence-corrected chi connectivity index (χ0v) is 7.48. The summed E-state index contributed by atoms with van der Waals surface area (Å²) in [4.78, 5) is 16.8. The van der Waals surface area contributed by atoms with Gasteiger partial charge >= 0.3 is 0 Å². The fraction of sp³-hybridized carbons (Fsp3) is 0.333. The summed E-state index contributed by atoms with van der Waals surface area (Å²) >= 11 is 0. The minimum absolute atomic E-state index is 0.168. The van der Waals surface area contributed by atoms with Gasteiger partial charge < -0.3 is 10.0 Å². The van der Waals surface area contributed by atoms with Gasteiger partial charge in [-0.2, -0.15) is 0 Å². The van der Waals surface area contributed by atoms with Gasteiger partial charge in [-0.25, -0.2) is 0 Å². The summed E-state index contributed by atoms with van der Waals surface area (Å²) < 4.78 is 0. The van der Waals surface area contributed by atoms with Gasteiger partial charge in [0.25, 0.3) is 5.91 Å². The minimum Gasteiger partial charge on any atom is -0.368 e. The van der Waals surface area contributed by atoms with Gasteiger partial charge in [-0.05, 0) is 18.6 Å². The van der Waals surface area contributed by atoms with E-state index < -0.39 is 6.23 Å². The van der Waals surface area contributed by atoms with Crippen molar-refractivity contribution >= 4 is 5.91 Å². The molecule has 0 aliphatic carbocycles. The summed E-state index contributed by atoms with van der Waals surface area (Å²) in [7, 11) is 1.56. The first kappa shape index (κ1) is 8.19. The molecule has 0 radical (unpaired) electrons. The third-order valence-electron chi connectivity index (χ3n) is 2.22. The Labute approximate surface area is 75.8 Å². The molecular weight excluding hydrogens is 168 g/mol. The maximum absolute atomic E-state index is 11.5. The molecule has 0 bridgehead atoms. The molecule has 4 heteroatoms. The molecule has 0 aromatic carbocycles. The van der Waals surface area contributed by atoms with E-state index in [1.807, 2.05) is 6.92 Å². The third-order valence-corrected chi connectivity index (χ3v) is 2.22. The van der Waals surface area contributed by atoms with Crippen LogP contribution in [0.15, 0.2) is 12.3 Å². The molecule has 1 aliphatic heterocycles. The van der Waals surface area contributed by atoms with Gasteiger partial charge in [-0.1, -0.05) is 0 Å². The molecule has 1 aromatic heterocycles. The van der Waals surface area contributed by atoms with E-state index in [-0.39, 0.29) is 5.91 Å². The summed E-state index contributed by atoms with van der Waals surface area (Å²) in [6.07, 6.45) is 0.761. The topological polar surface area (TPSA) is 53.4 Å². The molecule has 0 fully saturated rings. The average molecular weight is 178 g/mol. The molecule has 1 unspecified atom stereocenters. The molecule has 1 atom stereocenters. The molecule has 1 aliphatic rings. The zero-order valence-electron chi connectivity index (χ0n) is 7.48. The third kappa shape index (κ3) is 1.02. The van der Waals surface area contributed by atoms with Crippen molar-refractivity contribution in [3.63, 3.8) is 0 Å². The Kier molecular flexibility index (Phi) is 1.60. The Balaban J connectivity index is 2.60. The fourth-order valence-corrected chi connectivity index (χ4v) is 1.44. The Bertz CT molecular complexity index is 376. The number of carbonyl (C=O) groups is 1. The number of hydrogen-bond donors (Lipinski definition) is 1. The van der Waals surface area contributed by atoms with Gasteiger partial charge in [-0.15, -0.1) is 0 Å². The number of fused-ring (bicyclic) bond motifs is 1. The van der Waals surface area contributed by atoms with Gasteiger partial charge in [0.15, 0.2) is 6.23 Å². The van der Waals surface area contributed by atoms with E-state index in [1.54, 1.807) is 19.3 Å². The molecule has 4 nitrogen and oxygen atoms in total. The number of amides is 1. The lowest BCUT2D eigenvalue weighted by molar-refractivity contribution is 0.0285. The van der Waals surface area contributed by atoms with Crippen molar-refractivity contribution in [1.82, 2.24) is 9.88 Å². The van der Waals surface area contributed by atoms with E-state index in [4.69, 9.17) is 0 Å². The molecule has 0 saturated carbocycles. The van der Waals surface area contributed by atoms with Gasteiger partial charge in [0.05, 0.1) is 5.56 Å². The van der Waals surface area contributed by atoms with Gasteiger partial charge in [0, 0.05) is 13.2 Å².